The van der Waals surface area contributed by atoms with Gasteiger partial charge in [0, 0.05) is 12.2 Å². The summed E-state index contributed by atoms with van der Waals surface area (Å²) in [6.07, 6.45) is -2.62. The lowest BCUT2D eigenvalue weighted by Crippen LogP contribution is -2.60. The lowest BCUT2D eigenvalue weighted by atomic mass is 9.77. The number of likely N-dealkylation sites (tertiary alicyclic amines) is 1. The Kier molecular flexibility index (Phi) is 7.53. The molecule has 3 amide bonds. The van der Waals surface area contributed by atoms with Gasteiger partial charge in [-0.2, -0.15) is 18.4 Å². The van der Waals surface area contributed by atoms with E-state index in [2.05, 4.69) is 16.4 Å². The van der Waals surface area contributed by atoms with Crippen LogP contribution in [0, 0.1) is 40.4 Å². The maximum atomic E-state index is 15.0. The van der Waals surface area contributed by atoms with Crippen LogP contribution in [0.25, 0.3) is 5.69 Å². The molecule has 2 N–H and O–H groups in total. The summed E-state index contributed by atoms with van der Waals surface area (Å²) >= 11 is 0. The zero-order valence-corrected chi connectivity index (χ0v) is 23.3. The summed E-state index contributed by atoms with van der Waals surface area (Å²) in [5, 5.41) is 14.6. The fourth-order valence-corrected chi connectivity index (χ4v) is 7.02. The summed E-state index contributed by atoms with van der Waals surface area (Å²) in [6, 6.07) is 7.03. The van der Waals surface area contributed by atoms with Crippen molar-refractivity contribution in [3.05, 3.63) is 48.5 Å². The van der Waals surface area contributed by atoms with Crippen molar-refractivity contribution in [1.82, 2.24) is 25.1 Å². The van der Waals surface area contributed by atoms with Gasteiger partial charge in [0.2, 0.25) is 11.8 Å². The van der Waals surface area contributed by atoms with Gasteiger partial charge in [-0.25, -0.2) is 9.37 Å². The number of amides is 3. The first-order valence-electron chi connectivity index (χ1n) is 13.8. The fraction of sp³-hybridized carbons (Fsp3) is 0.552. The van der Waals surface area contributed by atoms with Crippen LogP contribution in [-0.4, -0.2) is 63.1 Å². The Hall–Kier alpha value is -3.95. The first-order valence-corrected chi connectivity index (χ1v) is 13.8. The van der Waals surface area contributed by atoms with E-state index < -0.39 is 65.4 Å². The van der Waals surface area contributed by atoms with Gasteiger partial charge in [0.05, 0.1) is 24.3 Å². The molecule has 0 radical (unpaired) electrons. The average molecular weight is 589 g/mol. The summed E-state index contributed by atoms with van der Waals surface area (Å²) in [5.41, 5.74) is -0.0970. The van der Waals surface area contributed by atoms with E-state index in [0.29, 0.717) is 24.2 Å². The number of imidazole rings is 1. The van der Waals surface area contributed by atoms with Gasteiger partial charge >= 0.3 is 12.1 Å². The summed E-state index contributed by atoms with van der Waals surface area (Å²) in [6.45, 7) is 4.57. The molecule has 3 aliphatic rings. The van der Waals surface area contributed by atoms with Gasteiger partial charge in [-0.1, -0.05) is 39.0 Å². The van der Waals surface area contributed by atoms with Gasteiger partial charge in [-0.15, -0.1) is 0 Å². The molecule has 1 aliphatic heterocycles. The van der Waals surface area contributed by atoms with E-state index in [9.17, 15) is 37.2 Å². The Morgan fingerprint density at radius 1 is 1.07 bits per heavy atom. The van der Waals surface area contributed by atoms with Crippen LogP contribution in [0.5, 0.6) is 0 Å². The minimum atomic E-state index is -5.22. The second-order valence-corrected chi connectivity index (χ2v) is 12.5. The monoisotopic (exact) mass is 588 g/mol. The highest BCUT2D eigenvalue weighted by atomic mass is 19.4. The number of para-hydroxylation sites is 1. The van der Waals surface area contributed by atoms with Crippen LogP contribution in [0.1, 0.15) is 45.3 Å². The number of hydrogen-bond acceptors (Lipinski definition) is 5. The molecule has 9 nitrogen and oxygen atoms in total. The molecule has 2 aliphatic carbocycles. The number of nitrogens with one attached hydrogen (secondary N) is 2. The highest BCUT2D eigenvalue weighted by Gasteiger charge is 2.63. The third-order valence-electron chi connectivity index (χ3n) is 8.88. The zero-order valence-electron chi connectivity index (χ0n) is 23.3. The number of benzene rings is 1. The van der Waals surface area contributed by atoms with Crippen LogP contribution in [0.2, 0.25) is 0 Å². The van der Waals surface area contributed by atoms with Gasteiger partial charge in [-0.05, 0) is 54.1 Å². The zero-order chi connectivity index (χ0) is 30.6. The Labute approximate surface area is 240 Å². The quantitative estimate of drug-likeness (QED) is 0.501. The normalized spacial score (nSPS) is 28.1. The van der Waals surface area contributed by atoms with Gasteiger partial charge in [-0.3, -0.25) is 14.4 Å². The van der Waals surface area contributed by atoms with Crippen LogP contribution in [0.3, 0.4) is 0 Å². The third kappa shape index (κ3) is 5.23. The van der Waals surface area contributed by atoms with E-state index in [4.69, 9.17) is 0 Å². The third-order valence-corrected chi connectivity index (χ3v) is 8.88. The molecule has 3 fully saturated rings. The minimum Gasteiger partial charge on any atom is -0.336 e. The second kappa shape index (κ2) is 10.7. The van der Waals surface area contributed by atoms with Crippen molar-refractivity contribution >= 4 is 17.7 Å². The van der Waals surface area contributed by atoms with Gasteiger partial charge in [0.1, 0.15) is 18.3 Å². The van der Waals surface area contributed by atoms with E-state index in [1.54, 1.807) is 28.8 Å². The van der Waals surface area contributed by atoms with Crippen LogP contribution in [0.15, 0.2) is 42.9 Å². The van der Waals surface area contributed by atoms with Crippen LogP contribution in [-0.2, 0) is 14.4 Å². The summed E-state index contributed by atoms with van der Waals surface area (Å²) in [7, 11) is 0. The van der Waals surface area contributed by atoms with Crippen molar-refractivity contribution in [2.75, 3.05) is 6.54 Å². The highest BCUT2D eigenvalue weighted by molar-refractivity contribution is 5.94. The Bertz CT molecular complexity index is 1400. The molecule has 224 valence electrons. The molecule has 2 bridgehead atoms. The lowest BCUT2D eigenvalue weighted by molar-refractivity contribution is -0.176. The van der Waals surface area contributed by atoms with Gasteiger partial charge in [0.15, 0.2) is 6.04 Å². The van der Waals surface area contributed by atoms with E-state index in [1.165, 1.54) is 38.2 Å². The second-order valence-electron chi connectivity index (χ2n) is 12.5. The van der Waals surface area contributed by atoms with Crippen LogP contribution >= 0.6 is 0 Å². The maximum Gasteiger partial charge on any atom is 0.471 e. The van der Waals surface area contributed by atoms with Gasteiger partial charge in [0.25, 0.3) is 0 Å². The fourth-order valence-electron chi connectivity index (χ4n) is 7.02. The van der Waals surface area contributed by atoms with Crippen molar-refractivity contribution in [2.45, 2.75) is 64.1 Å². The van der Waals surface area contributed by atoms with Crippen LogP contribution < -0.4 is 10.6 Å². The molecule has 42 heavy (non-hydrogen) atoms. The Balaban J connectivity index is 1.46. The van der Waals surface area contributed by atoms with E-state index in [-0.39, 0.29) is 18.4 Å². The number of rotatable bonds is 6. The smallest absolute Gasteiger partial charge is 0.336 e. The molecule has 5 rings (SSSR count). The number of carbonyl (C=O) groups excluding carboxylic acids is 3. The molecule has 1 unspecified atom stereocenters. The molecular weight excluding hydrogens is 556 g/mol. The van der Waals surface area contributed by atoms with E-state index in [0.717, 1.165) is 0 Å². The number of alkyl halides is 4. The van der Waals surface area contributed by atoms with Crippen molar-refractivity contribution in [1.29, 1.82) is 5.26 Å². The topological polar surface area (TPSA) is 120 Å². The average Bonchev–Trinajstić information content (AvgIpc) is 3.70. The molecule has 2 aromatic rings. The highest BCUT2D eigenvalue weighted by Crippen LogP contribution is 2.58. The Morgan fingerprint density at radius 3 is 2.38 bits per heavy atom. The summed E-state index contributed by atoms with van der Waals surface area (Å²) < 4.78 is 56.1. The molecule has 8 atom stereocenters. The van der Waals surface area contributed by atoms with Gasteiger partial charge < -0.3 is 20.1 Å². The number of aromatic nitrogens is 2. The minimum absolute atomic E-state index is 0.0448. The lowest BCUT2D eigenvalue weighted by Gasteiger charge is -2.37. The standard InChI is InChI=1S/C29H32F4N6O3/c1-28(2,3)24(37-27(42)29(31,32)33)26(41)38-13-18-15-9-17(19(30)10-15)22(18)23(38)25(40)36-20(11-34)21-12-35-14-39(21)16-7-5-4-6-8-16/h4-8,12,14-15,17-20,22-24H,9-10,13H2,1-3H3,(H,36,40)(H,37,42)/t15-,17+,18+,19+,20?,22-,23-,24+/m0/s1. The SMILES string of the molecule is CC(C)(C)[C@H](NC(=O)C(F)(F)F)C(=O)N1C[C@@H]2[C@H]3C[C@@H]([C@@H]2[C@H]1C(=O)NC(C#N)c1cncn1-c1ccccc1)[C@H](F)C3. The first-order chi connectivity index (χ1) is 19.7. The van der Waals surface area contributed by atoms with Crippen molar-refractivity contribution in [2.24, 2.45) is 29.1 Å². The number of carbonyl (C=O) groups is 3. The number of nitrogens with zero attached hydrogens (tertiary/aromatic N) is 4. The van der Waals surface area contributed by atoms with Crippen molar-refractivity contribution < 1.29 is 31.9 Å². The van der Waals surface area contributed by atoms with Crippen molar-refractivity contribution in [3.8, 4) is 11.8 Å². The Morgan fingerprint density at radius 2 is 1.76 bits per heavy atom. The maximum absolute atomic E-state index is 15.0. The number of fused-ring (bicyclic) bond motifs is 5. The van der Waals surface area contributed by atoms with Crippen LogP contribution in [0.4, 0.5) is 17.6 Å². The van der Waals surface area contributed by atoms with Crippen molar-refractivity contribution in [3.63, 3.8) is 0 Å². The molecule has 1 aromatic heterocycles. The molecule has 0 spiro atoms. The van der Waals surface area contributed by atoms with E-state index >= 15 is 0 Å². The number of hydrogen-bond donors (Lipinski definition) is 2. The molecule has 13 heteroatoms. The van der Waals surface area contributed by atoms with E-state index in [1.807, 2.05) is 11.4 Å². The molecule has 1 aromatic carbocycles. The number of halogens is 4. The first kappa shape index (κ1) is 29.5. The predicted molar refractivity (Wildman–Crippen MR) is 141 cm³/mol. The molecule has 2 heterocycles. The number of nitriles is 1. The molecule has 2 saturated carbocycles. The molecule has 1 saturated heterocycles. The largest absolute Gasteiger partial charge is 0.471 e. The summed E-state index contributed by atoms with van der Waals surface area (Å²) in [5.74, 6) is -5.20. The summed E-state index contributed by atoms with van der Waals surface area (Å²) in [4.78, 5) is 45.1. The molecular formula is C29H32F4N6O3. The predicted octanol–water partition coefficient (Wildman–Crippen LogP) is 3.47.